The zero-order valence-corrected chi connectivity index (χ0v) is 9.73. The summed E-state index contributed by atoms with van der Waals surface area (Å²) in [4.78, 5) is 14.3. The molecule has 0 bridgehead atoms. The smallest absolute Gasteiger partial charge is 0.266 e. The SMILES string of the molecule is COc1cc(F)c2[nH]c(=O)c3sccc3c2c1. The first kappa shape index (κ1) is 10.3. The van der Waals surface area contributed by atoms with E-state index in [1.54, 1.807) is 6.07 Å². The number of H-pyrrole nitrogens is 1. The first-order valence-corrected chi connectivity index (χ1v) is 5.85. The molecule has 5 heteroatoms. The third-order valence-electron chi connectivity index (χ3n) is 2.70. The predicted octanol–water partition coefficient (Wildman–Crippen LogP) is 2.89. The quantitative estimate of drug-likeness (QED) is 0.720. The van der Waals surface area contributed by atoms with Crippen molar-refractivity contribution in [3.8, 4) is 5.75 Å². The number of hydrogen-bond acceptors (Lipinski definition) is 3. The van der Waals surface area contributed by atoms with Crippen molar-refractivity contribution in [2.24, 2.45) is 0 Å². The van der Waals surface area contributed by atoms with Gasteiger partial charge in [-0.25, -0.2) is 4.39 Å². The number of nitrogens with one attached hydrogen (secondary N) is 1. The van der Waals surface area contributed by atoms with E-state index in [1.807, 2.05) is 11.4 Å². The summed E-state index contributed by atoms with van der Waals surface area (Å²) in [6, 6.07) is 4.80. The largest absolute Gasteiger partial charge is 0.497 e. The molecule has 0 aliphatic rings. The molecule has 3 nitrogen and oxygen atoms in total. The van der Waals surface area contributed by atoms with Gasteiger partial charge in [-0.15, -0.1) is 11.3 Å². The Bertz CT molecular complexity index is 775. The minimum Gasteiger partial charge on any atom is -0.497 e. The molecule has 2 heterocycles. The lowest BCUT2D eigenvalue weighted by Gasteiger charge is -2.05. The fourth-order valence-corrected chi connectivity index (χ4v) is 2.71. The Morgan fingerprint density at radius 1 is 1.35 bits per heavy atom. The minimum absolute atomic E-state index is 0.224. The average molecular weight is 249 g/mol. The van der Waals surface area contributed by atoms with Crippen LogP contribution in [0.5, 0.6) is 5.75 Å². The molecule has 0 atom stereocenters. The Labute approximate surface area is 99.5 Å². The first-order chi connectivity index (χ1) is 8.20. The molecule has 0 amide bonds. The Balaban J connectivity index is 2.60. The summed E-state index contributed by atoms with van der Waals surface area (Å²) in [5, 5.41) is 3.24. The van der Waals surface area contributed by atoms with Crippen LogP contribution in [-0.4, -0.2) is 12.1 Å². The van der Waals surface area contributed by atoms with Gasteiger partial charge in [0.25, 0.3) is 5.56 Å². The summed E-state index contributed by atoms with van der Waals surface area (Å²) in [5.41, 5.74) is -0.0340. The molecular formula is C12H8FNO2S. The van der Waals surface area contributed by atoms with E-state index < -0.39 is 5.82 Å². The summed E-state index contributed by atoms with van der Waals surface area (Å²) in [7, 11) is 1.48. The molecule has 0 unspecified atom stereocenters. The second-order valence-corrected chi connectivity index (χ2v) is 4.57. The maximum atomic E-state index is 13.8. The number of halogens is 1. The summed E-state index contributed by atoms with van der Waals surface area (Å²) < 4.78 is 19.4. The zero-order valence-electron chi connectivity index (χ0n) is 8.91. The number of benzene rings is 1. The molecule has 0 saturated heterocycles. The van der Waals surface area contributed by atoms with Crippen molar-refractivity contribution in [1.29, 1.82) is 0 Å². The van der Waals surface area contributed by atoms with Gasteiger partial charge in [0.1, 0.15) is 10.4 Å². The molecule has 3 rings (SSSR count). The fourth-order valence-electron chi connectivity index (χ4n) is 1.91. The normalized spacial score (nSPS) is 11.2. The van der Waals surface area contributed by atoms with Crippen LogP contribution in [0.15, 0.2) is 28.4 Å². The highest BCUT2D eigenvalue weighted by Crippen LogP contribution is 2.29. The lowest BCUT2D eigenvalue weighted by atomic mass is 10.1. The fraction of sp³-hybridized carbons (Fsp3) is 0.0833. The van der Waals surface area contributed by atoms with E-state index >= 15 is 0 Å². The van der Waals surface area contributed by atoms with Crippen LogP contribution < -0.4 is 10.3 Å². The van der Waals surface area contributed by atoms with Crippen LogP contribution in [0.25, 0.3) is 21.0 Å². The van der Waals surface area contributed by atoms with Crippen molar-refractivity contribution in [2.75, 3.05) is 7.11 Å². The van der Waals surface area contributed by atoms with E-state index in [-0.39, 0.29) is 11.1 Å². The summed E-state index contributed by atoms with van der Waals surface area (Å²) >= 11 is 1.34. The van der Waals surface area contributed by atoms with E-state index in [2.05, 4.69) is 4.98 Å². The van der Waals surface area contributed by atoms with Crippen LogP contribution in [0.2, 0.25) is 0 Å². The number of thiophene rings is 1. The summed E-state index contributed by atoms with van der Waals surface area (Å²) in [6.45, 7) is 0. The Kier molecular flexibility index (Phi) is 2.16. The third kappa shape index (κ3) is 1.43. The van der Waals surface area contributed by atoms with Gasteiger partial charge in [-0.05, 0) is 17.5 Å². The molecule has 3 aromatic rings. The second-order valence-electron chi connectivity index (χ2n) is 3.65. The molecule has 1 N–H and O–H groups in total. The van der Waals surface area contributed by atoms with Crippen LogP contribution in [0.3, 0.4) is 0 Å². The van der Waals surface area contributed by atoms with E-state index in [9.17, 15) is 9.18 Å². The molecular weight excluding hydrogens is 241 g/mol. The third-order valence-corrected chi connectivity index (χ3v) is 3.61. The maximum absolute atomic E-state index is 13.8. The average Bonchev–Trinajstić information content (AvgIpc) is 2.80. The molecule has 17 heavy (non-hydrogen) atoms. The van der Waals surface area contributed by atoms with Gasteiger partial charge in [-0.3, -0.25) is 4.79 Å². The molecule has 0 saturated carbocycles. The predicted molar refractivity (Wildman–Crippen MR) is 66.5 cm³/mol. The van der Waals surface area contributed by atoms with Crippen molar-refractivity contribution in [3.05, 3.63) is 39.8 Å². The van der Waals surface area contributed by atoms with Crippen molar-refractivity contribution in [3.63, 3.8) is 0 Å². The summed E-state index contributed by atoms with van der Waals surface area (Å²) in [6.07, 6.45) is 0. The van der Waals surface area contributed by atoms with Crippen LogP contribution in [0.4, 0.5) is 4.39 Å². The highest BCUT2D eigenvalue weighted by atomic mass is 32.1. The highest BCUT2D eigenvalue weighted by Gasteiger charge is 2.11. The van der Waals surface area contributed by atoms with Crippen molar-refractivity contribution in [1.82, 2.24) is 4.98 Å². The molecule has 0 radical (unpaired) electrons. The summed E-state index contributed by atoms with van der Waals surface area (Å²) in [5.74, 6) is -0.0425. The molecule has 0 aliphatic heterocycles. The molecule has 2 aromatic heterocycles. The van der Waals surface area contributed by atoms with Crippen molar-refractivity contribution in [2.45, 2.75) is 0 Å². The van der Waals surface area contributed by atoms with E-state index in [0.717, 1.165) is 5.39 Å². The monoisotopic (exact) mass is 249 g/mol. The number of pyridine rings is 1. The van der Waals surface area contributed by atoms with Crippen LogP contribution in [0.1, 0.15) is 0 Å². The number of ether oxygens (including phenoxy) is 1. The minimum atomic E-state index is -0.482. The number of hydrogen-bond donors (Lipinski definition) is 1. The molecule has 0 fully saturated rings. The number of fused-ring (bicyclic) bond motifs is 3. The number of aromatic amines is 1. The van der Waals surface area contributed by atoms with Gasteiger partial charge >= 0.3 is 0 Å². The molecule has 1 aromatic carbocycles. The number of methoxy groups -OCH3 is 1. The van der Waals surface area contributed by atoms with Gasteiger partial charge in [0, 0.05) is 16.8 Å². The molecule has 0 spiro atoms. The Morgan fingerprint density at radius 2 is 2.18 bits per heavy atom. The molecule has 0 aliphatic carbocycles. The van der Waals surface area contributed by atoms with Crippen molar-refractivity contribution < 1.29 is 9.13 Å². The van der Waals surface area contributed by atoms with E-state index in [0.29, 0.717) is 15.8 Å². The van der Waals surface area contributed by atoms with Gasteiger partial charge in [0.2, 0.25) is 0 Å². The van der Waals surface area contributed by atoms with Gasteiger partial charge in [0.05, 0.1) is 12.6 Å². The van der Waals surface area contributed by atoms with Gasteiger partial charge in [0.15, 0.2) is 5.82 Å². The maximum Gasteiger partial charge on any atom is 0.266 e. The van der Waals surface area contributed by atoms with Gasteiger partial charge < -0.3 is 9.72 Å². The van der Waals surface area contributed by atoms with Crippen LogP contribution in [-0.2, 0) is 0 Å². The van der Waals surface area contributed by atoms with Gasteiger partial charge in [-0.1, -0.05) is 0 Å². The lowest BCUT2D eigenvalue weighted by Crippen LogP contribution is -2.05. The van der Waals surface area contributed by atoms with Gasteiger partial charge in [-0.2, -0.15) is 0 Å². The highest BCUT2D eigenvalue weighted by molar-refractivity contribution is 7.17. The first-order valence-electron chi connectivity index (χ1n) is 4.97. The van der Waals surface area contributed by atoms with E-state index in [4.69, 9.17) is 4.74 Å². The lowest BCUT2D eigenvalue weighted by molar-refractivity contribution is 0.412. The zero-order chi connectivity index (χ0) is 12.0. The Hall–Kier alpha value is -1.88. The topological polar surface area (TPSA) is 42.1 Å². The second kappa shape index (κ2) is 3.56. The number of aromatic nitrogens is 1. The molecule has 86 valence electrons. The number of rotatable bonds is 1. The van der Waals surface area contributed by atoms with Crippen molar-refractivity contribution >= 4 is 32.3 Å². The standard InChI is InChI=1S/C12H8FNO2S/c1-16-6-4-8-7-2-3-17-11(7)12(15)14-10(8)9(13)5-6/h2-5H,1H3,(H,14,15). The van der Waals surface area contributed by atoms with Crippen LogP contribution >= 0.6 is 11.3 Å². The Morgan fingerprint density at radius 3 is 2.94 bits per heavy atom. The van der Waals surface area contributed by atoms with E-state index in [1.165, 1.54) is 24.5 Å². The van der Waals surface area contributed by atoms with Crippen LogP contribution in [0, 0.1) is 5.82 Å².